The number of cyclic esters (lactones) is 1. The number of amides is 1. The maximum absolute atomic E-state index is 14.4. The summed E-state index contributed by atoms with van der Waals surface area (Å²) in [5.41, 5.74) is 0.538. The molecule has 144 valence electrons. The van der Waals surface area contributed by atoms with Gasteiger partial charge in [-0.1, -0.05) is 30.0 Å². The first-order chi connectivity index (χ1) is 14.0. The number of alkyl carbamates (subject to hydrolysis) is 1. The van der Waals surface area contributed by atoms with E-state index in [1.807, 2.05) is 30.3 Å². The number of rotatable bonds is 2. The zero-order chi connectivity index (χ0) is 20.4. The molecule has 0 bridgehead atoms. The van der Waals surface area contributed by atoms with Gasteiger partial charge >= 0.3 is 6.09 Å². The summed E-state index contributed by atoms with van der Waals surface area (Å²) >= 11 is 0. The van der Waals surface area contributed by atoms with Crippen molar-refractivity contribution in [2.24, 2.45) is 0 Å². The molecule has 1 aromatic heterocycles. The largest absolute Gasteiger partial charge is 0.436 e. The first kappa shape index (κ1) is 18.6. The summed E-state index contributed by atoms with van der Waals surface area (Å²) in [6.45, 7) is 1.54. The predicted molar refractivity (Wildman–Crippen MR) is 103 cm³/mol. The summed E-state index contributed by atoms with van der Waals surface area (Å²) in [4.78, 5) is 16.2. The number of pyridine rings is 1. The monoisotopic (exact) mass is 390 g/mol. The number of carbonyl (C=O) groups excluding carboxylic acids is 1. The molecule has 1 aliphatic rings. The molecule has 0 spiro atoms. The molecule has 0 unspecified atom stereocenters. The highest BCUT2D eigenvalue weighted by Crippen LogP contribution is 2.43. The maximum Gasteiger partial charge on any atom is 0.408 e. The molecule has 2 atom stereocenters. The van der Waals surface area contributed by atoms with Gasteiger partial charge in [0, 0.05) is 29.1 Å². The molecule has 3 aromatic rings. The van der Waals surface area contributed by atoms with E-state index in [4.69, 9.17) is 4.74 Å². The molecule has 2 aromatic carbocycles. The Balaban J connectivity index is 1.73. The number of nitrogens with one attached hydrogen (secondary N) is 1. The summed E-state index contributed by atoms with van der Waals surface area (Å²) in [6.07, 6.45) is 2.42. The molecular formula is C23H16F2N2O2. The van der Waals surface area contributed by atoms with E-state index in [1.54, 1.807) is 18.5 Å². The molecule has 1 aliphatic heterocycles. The minimum absolute atomic E-state index is 0.0541. The molecular weight excluding hydrogens is 374 g/mol. The van der Waals surface area contributed by atoms with Crippen molar-refractivity contribution < 1.29 is 18.3 Å². The van der Waals surface area contributed by atoms with Crippen molar-refractivity contribution in [2.75, 3.05) is 0 Å². The van der Waals surface area contributed by atoms with E-state index in [2.05, 4.69) is 22.1 Å². The number of ether oxygens (including phenoxy) is 1. The van der Waals surface area contributed by atoms with Crippen LogP contribution in [0.15, 0.2) is 67.0 Å². The van der Waals surface area contributed by atoms with Crippen LogP contribution in [0, 0.1) is 23.5 Å². The fraction of sp³-hybridized carbons (Fsp3) is 0.130. The number of benzene rings is 2. The molecule has 0 saturated carbocycles. The van der Waals surface area contributed by atoms with Gasteiger partial charge in [-0.2, -0.15) is 0 Å². The Morgan fingerprint density at radius 1 is 1.03 bits per heavy atom. The van der Waals surface area contributed by atoms with Gasteiger partial charge in [0.25, 0.3) is 0 Å². The zero-order valence-electron chi connectivity index (χ0n) is 15.4. The smallest absolute Gasteiger partial charge is 0.408 e. The number of carbonyl (C=O) groups is 1. The van der Waals surface area contributed by atoms with Crippen molar-refractivity contribution in [1.29, 1.82) is 0 Å². The summed E-state index contributed by atoms with van der Waals surface area (Å²) in [6, 6.07) is 13.5. The molecule has 1 saturated heterocycles. The Bertz CT molecular complexity index is 1140. The second-order valence-electron chi connectivity index (χ2n) is 6.82. The van der Waals surface area contributed by atoms with Crippen molar-refractivity contribution in [3.05, 3.63) is 101 Å². The van der Waals surface area contributed by atoms with E-state index in [1.165, 1.54) is 6.92 Å². The van der Waals surface area contributed by atoms with Crippen LogP contribution in [0.25, 0.3) is 0 Å². The van der Waals surface area contributed by atoms with Crippen LogP contribution in [-0.2, 0) is 10.3 Å². The van der Waals surface area contributed by atoms with Crippen molar-refractivity contribution in [2.45, 2.75) is 18.6 Å². The van der Waals surface area contributed by atoms with Crippen molar-refractivity contribution >= 4 is 6.09 Å². The summed E-state index contributed by atoms with van der Waals surface area (Å²) in [7, 11) is 0. The average molecular weight is 390 g/mol. The SMILES string of the molecule is C[C@@]1(c2cc(F)ccc2F)OC(=O)N[C@H]1c1cncc(C#Cc2ccccc2)c1. The molecule has 1 fully saturated rings. The van der Waals surface area contributed by atoms with E-state index in [-0.39, 0.29) is 5.56 Å². The Kier molecular flexibility index (Phi) is 4.73. The minimum atomic E-state index is -1.45. The second kappa shape index (κ2) is 7.36. The summed E-state index contributed by atoms with van der Waals surface area (Å²) in [5, 5.41) is 2.67. The van der Waals surface area contributed by atoms with Crippen LogP contribution >= 0.6 is 0 Å². The molecule has 1 N–H and O–H groups in total. The third-order valence-electron chi connectivity index (χ3n) is 4.80. The maximum atomic E-state index is 14.4. The molecule has 2 heterocycles. The predicted octanol–water partition coefficient (Wildman–Crippen LogP) is 4.46. The molecule has 4 nitrogen and oxygen atoms in total. The Morgan fingerprint density at radius 3 is 2.59 bits per heavy atom. The number of nitrogens with zero attached hydrogens (tertiary/aromatic N) is 1. The van der Waals surface area contributed by atoms with Gasteiger partial charge in [0.2, 0.25) is 0 Å². The lowest BCUT2D eigenvalue weighted by atomic mass is 9.84. The quantitative estimate of drug-likeness (QED) is 0.658. The number of hydrogen-bond acceptors (Lipinski definition) is 3. The van der Waals surface area contributed by atoms with Crippen molar-refractivity contribution in [3.63, 3.8) is 0 Å². The number of hydrogen-bond donors (Lipinski definition) is 1. The van der Waals surface area contributed by atoms with E-state index in [9.17, 15) is 13.6 Å². The fourth-order valence-corrected chi connectivity index (χ4v) is 3.38. The van der Waals surface area contributed by atoms with Gasteiger partial charge in [-0.25, -0.2) is 13.6 Å². The van der Waals surface area contributed by atoms with Gasteiger partial charge in [0.15, 0.2) is 5.60 Å². The topological polar surface area (TPSA) is 51.2 Å². The highest BCUT2D eigenvalue weighted by Gasteiger charge is 2.49. The van der Waals surface area contributed by atoms with Crippen LogP contribution in [0.3, 0.4) is 0 Å². The van der Waals surface area contributed by atoms with E-state index >= 15 is 0 Å². The van der Waals surface area contributed by atoms with Gasteiger partial charge in [-0.3, -0.25) is 4.98 Å². The third kappa shape index (κ3) is 3.67. The summed E-state index contributed by atoms with van der Waals surface area (Å²) < 4.78 is 33.6. The van der Waals surface area contributed by atoms with Crippen LogP contribution < -0.4 is 5.32 Å². The van der Waals surface area contributed by atoms with Crippen LogP contribution in [0.4, 0.5) is 13.6 Å². The highest BCUT2D eigenvalue weighted by molar-refractivity contribution is 5.72. The van der Waals surface area contributed by atoms with E-state index in [0.29, 0.717) is 11.1 Å². The van der Waals surface area contributed by atoms with Gasteiger partial charge in [-0.15, -0.1) is 0 Å². The molecule has 0 aliphatic carbocycles. The molecule has 0 radical (unpaired) electrons. The van der Waals surface area contributed by atoms with E-state index < -0.39 is 29.4 Å². The fourth-order valence-electron chi connectivity index (χ4n) is 3.38. The molecule has 4 rings (SSSR count). The number of halogens is 2. The lowest BCUT2D eigenvalue weighted by molar-refractivity contribution is 0.0460. The first-order valence-corrected chi connectivity index (χ1v) is 8.93. The van der Waals surface area contributed by atoms with Gasteiger partial charge in [0.1, 0.15) is 17.7 Å². The van der Waals surface area contributed by atoms with Crippen LogP contribution in [0.1, 0.15) is 35.2 Å². The average Bonchev–Trinajstić information content (AvgIpc) is 3.04. The Hall–Kier alpha value is -3.72. The third-order valence-corrected chi connectivity index (χ3v) is 4.80. The Labute approximate surface area is 166 Å². The molecule has 6 heteroatoms. The van der Waals surface area contributed by atoms with Crippen molar-refractivity contribution in [1.82, 2.24) is 10.3 Å². The second-order valence-corrected chi connectivity index (χ2v) is 6.82. The molecule has 29 heavy (non-hydrogen) atoms. The van der Waals surface area contributed by atoms with Crippen molar-refractivity contribution in [3.8, 4) is 11.8 Å². The summed E-state index contributed by atoms with van der Waals surface area (Å²) in [5.74, 6) is 4.78. The number of aromatic nitrogens is 1. The van der Waals surface area contributed by atoms with Gasteiger partial charge in [0.05, 0.1) is 0 Å². The minimum Gasteiger partial charge on any atom is -0.436 e. The standard InChI is InChI=1S/C23H16F2N2O2/c1-23(19-12-18(24)9-10-20(19)25)21(27-22(28)29-23)17-11-16(13-26-14-17)8-7-15-5-3-2-4-6-15/h2-6,9-14,21H,1H3,(H,27,28)/t21-,23-/m0/s1. The lowest BCUT2D eigenvalue weighted by Crippen LogP contribution is -2.32. The zero-order valence-corrected chi connectivity index (χ0v) is 15.4. The van der Waals surface area contributed by atoms with Gasteiger partial charge < -0.3 is 10.1 Å². The van der Waals surface area contributed by atoms with Crippen LogP contribution in [-0.4, -0.2) is 11.1 Å². The normalized spacial score (nSPS) is 20.4. The Morgan fingerprint density at radius 2 is 1.79 bits per heavy atom. The van der Waals surface area contributed by atoms with Crippen LogP contribution in [0.2, 0.25) is 0 Å². The van der Waals surface area contributed by atoms with E-state index in [0.717, 1.165) is 23.8 Å². The first-order valence-electron chi connectivity index (χ1n) is 8.93. The highest BCUT2D eigenvalue weighted by atomic mass is 19.1. The van der Waals surface area contributed by atoms with Gasteiger partial charge in [-0.05, 0) is 48.9 Å². The van der Waals surface area contributed by atoms with Crippen LogP contribution in [0.5, 0.6) is 0 Å². The molecule has 1 amide bonds. The lowest BCUT2D eigenvalue weighted by Gasteiger charge is -2.29.